The highest BCUT2D eigenvalue weighted by atomic mass is 16.5. The summed E-state index contributed by atoms with van der Waals surface area (Å²) >= 11 is 0. The van der Waals surface area contributed by atoms with Crippen molar-refractivity contribution in [3.05, 3.63) is 0 Å². The fraction of sp³-hybridized carbons (Fsp3) is 0.923. The molecular formula is C13H24N2O2. The number of piperidine rings is 1. The summed E-state index contributed by atoms with van der Waals surface area (Å²) in [5, 5.41) is 3.34. The van der Waals surface area contributed by atoms with Crippen molar-refractivity contribution in [2.45, 2.75) is 38.8 Å². The van der Waals surface area contributed by atoms with Crippen LogP contribution in [0.25, 0.3) is 0 Å². The zero-order valence-electron chi connectivity index (χ0n) is 11.1. The summed E-state index contributed by atoms with van der Waals surface area (Å²) in [5.41, 5.74) is 0. The topological polar surface area (TPSA) is 41.6 Å². The molecule has 98 valence electrons. The molecule has 0 aromatic heterocycles. The van der Waals surface area contributed by atoms with E-state index in [2.05, 4.69) is 19.2 Å². The molecule has 2 fully saturated rings. The second-order valence-electron chi connectivity index (χ2n) is 5.58. The Morgan fingerprint density at radius 1 is 1.35 bits per heavy atom. The van der Waals surface area contributed by atoms with Crippen molar-refractivity contribution in [3.8, 4) is 0 Å². The van der Waals surface area contributed by atoms with Crippen molar-refractivity contribution in [3.63, 3.8) is 0 Å². The van der Waals surface area contributed by atoms with E-state index in [-0.39, 0.29) is 24.0 Å². The molecule has 0 spiro atoms. The number of carbonyl (C=O) groups is 1. The minimum Gasteiger partial charge on any atom is -0.376 e. The van der Waals surface area contributed by atoms with Crippen LogP contribution >= 0.6 is 0 Å². The van der Waals surface area contributed by atoms with Gasteiger partial charge in [0.05, 0.1) is 18.1 Å². The average molecular weight is 240 g/mol. The minimum atomic E-state index is 0.150. The number of ether oxygens (including phenoxy) is 1. The van der Waals surface area contributed by atoms with Gasteiger partial charge in [0.2, 0.25) is 5.91 Å². The van der Waals surface area contributed by atoms with Crippen LogP contribution in [0.4, 0.5) is 0 Å². The van der Waals surface area contributed by atoms with Crippen LogP contribution in [0.2, 0.25) is 0 Å². The smallest absolute Gasteiger partial charge is 0.227 e. The number of nitrogens with one attached hydrogen (secondary N) is 1. The first kappa shape index (κ1) is 12.8. The molecule has 2 aliphatic heterocycles. The Bertz CT molecular complexity index is 283. The molecule has 0 aliphatic carbocycles. The van der Waals surface area contributed by atoms with Crippen LogP contribution in [-0.2, 0) is 9.53 Å². The highest BCUT2D eigenvalue weighted by molar-refractivity contribution is 5.79. The number of hydrogen-bond donors (Lipinski definition) is 1. The summed E-state index contributed by atoms with van der Waals surface area (Å²) in [6, 6.07) is 0.264. The number of likely N-dealkylation sites (N-methyl/N-ethyl adjacent to an activating group) is 1. The van der Waals surface area contributed by atoms with E-state index in [9.17, 15) is 4.79 Å². The maximum Gasteiger partial charge on any atom is 0.227 e. The van der Waals surface area contributed by atoms with Crippen molar-refractivity contribution in [1.29, 1.82) is 0 Å². The largest absolute Gasteiger partial charge is 0.376 e. The third-order valence-electron chi connectivity index (χ3n) is 4.10. The lowest BCUT2D eigenvalue weighted by molar-refractivity contribution is -0.138. The first-order chi connectivity index (χ1) is 8.09. The average Bonchev–Trinajstić information content (AvgIpc) is 2.73. The summed E-state index contributed by atoms with van der Waals surface area (Å²) < 4.78 is 5.54. The lowest BCUT2D eigenvalue weighted by Gasteiger charge is -2.33. The molecule has 4 nitrogen and oxygen atoms in total. The SMILES string of the molecule is CC1CNCC(C(=O)N(C)C2CCOC2C)C1. The van der Waals surface area contributed by atoms with Crippen LogP contribution in [-0.4, -0.2) is 49.7 Å². The molecule has 0 bridgehead atoms. The fourth-order valence-electron chi connectivity index (χ4n) is 3.02. The summed E-state index contributed by atoms with van der Waals surface area (Å²) in [5.74, 6) is 1.03. The lowest BCUT2D eigenvalue weighted by atomic mass is 9.90. The van der Waals surface area contributed by atoms with Crippen LogP contribution in [0.5, 0.6) is 0 Å². The van der Waals surface area contributed by atoms with Crippen LogP contribution in [0.3, 0.4) is 0 Å². The summed E-state index contributed by atoms with van der Waals surface area (Å²) in [7, 11) is 1.93. The van der Waals surface area contributed by atoms with E-state index in [1.54, 1.807) is 0 Å². The van der Waals surface area contributed by atoms with Gasteiger partial charge < -0.3 is 15.0 Å². The molecule has 0 saturated carbocycles. The zero-order chi connectivity index (χ0) is 12.4. The summed E-state index contributed by atoms with van der Waals surface area (Å²) in [6.07, 6.45) is 2.16. The van der Waals surface area contributed by atoms with Gasteiger partial charge in [0, 0.05) is 20.2 Å². The molecule has 4 heteroatoms. The lowest BCUT2D eigenvalue weighted by Crippen LogP contribution is -2.48. The molecule has 2 rings (SSSR count). The fourth-order valence-corrected chi connectivity index (χ4v) is 3.02. The Hall–Kier alpha value is -0.610. The molecule has 2 heterocycles. The van der Waals surface area contributed by atoms with E-state index < -0.39 is 0 Å². The number of carbonyl (C=O) groups excluding carboxylic acids is 1. The van der Waals surface area contributed by atoms with E-state index in [0.717, 1.165) is 32.5 Å². The Morgan fingerprint density at radius 2 is 2.12 bits per heavy atom. The standard InChI is InChI=1S/C13H24N2O2/c1-9-6-11(8-14-7-9)13(16)15(3)12-4-5-17-10(12)2/h9-12,14H,4-8H2,1-3H3. The van der Waals surface area contributed by atoms with Crippen molar-refractivity contribution in [2.75, 3.05) is 26.7 Å². The molecule has 1 amide bonds. The van der Waals surface area contributed by atoms with Crippen molar-refractivity contribution < 1.29 is 9.53 Å². The third-order valence-corrected chi connectivity index (χ3v) is 4.10. The van der Waals surface area contributed by atoms with Gasteiger partial charge in [-0.05, 0) is 32.2 Å². The molecular weight excluding hydrogens is 216 g/mol. The monoisotopic (exact) mass is 240 g/mol. The number of rotatable bonds is 2. The van der Waals surface area contributed by atoms with Gasteiger partial charge in [-0.1, -0.05) is 6.92 Å². The number of nitrogens with zero attached hydrogens (tertiary/aromatic N) is 1. The van der Waals surface area contributed by atoms with Crippen LogP contribution < -0.4 is 5.32 Å². The van der Waals surface area contributed by atoms with Gasteiger partial charge in [-0.3, -0.25) is 4.79 Å². The Balaban J connectivity index is 1.94. The van der Waals surface area contributed by atoms with Gasteiger partial charge >= 0.3 is 0 Å². The first-order valence-corrected chi connectivity index (χ1v) is 6.68. The van der Waals surface area contributed by atoms with E-state index in [1.165, 1.54) is 0 Å². The van der Waals surface area contributed by atoms with Gasteiger partial charge in [0.15, 0.2) is 0 Å². The van der Waals surface area contributed by atoms with E-state index in [0.29, 0.717) is 5.92 Å². The van der Waals surface area contributed by atoms with Crippen molar-refractivity contribution in [2.24, 2.45) is 11.8 Å². The molecule has 1 N–H and O–H groups in total. The Kier molecular flexibility index (Phi) is 4.05. The maximum absolute atomic E-state index is 12.4. The van der Waals surface area contributed by atoms with E-state index >= 15 is 0 Å². The van der Waals surface area contributed by atoms with Gasteiger partial charge in [0.25, 0.3) is 0 Å². The van der Waals surface area contributed by atoms with E-state index in [1.807, 2.05) is 11.9 Å². The molecule has 4 atom stereocenters. The Labute approximate surface area is 104 Å². The normalized spacial score (nSPS) is 38.1. The van der Waals surface area contributed by atoms with E-state index in [4.69, 9.17) is 4.74 Å². The number of amides is 1. The van der Waals surface area contributed by atoms with Crippen LogP contribution in [0, 0.1) is 11.8 Å². The van der Waals surface area contributed by atoms with Gasteiger partial charge in [0.1, 0.15) is 0 Å². The van der Waals surface area contributed by atoms with Crippen LogP contribution in [0.1, 0.15) is 26.7 Å². The molecule has 0 aromatic rings. The second-order valence-corrected chi connectivity index (χ2v) is 5.58. The molecule has 2 aliphatic rings. The molecule has 0 aromatic carbocycles. The molecule has 17 heavy (non-hydrogen) atoms. The first-order valence-electron chi connectivity index (χ1n) is 6.68. The quantitative estimate of drug-likeness (QED) is 0.778. The van der Waals surface area contributed by atoms with Crippen LogP contribution in [0.15, 0.2) is 0 Å². The molecule has 2 saturated heterocycles. The van der Waals surface area contributed by atoms with Crippen molar-refractivity contribution in [1.82, 2.24) is 10.2 Å². The molecule has 4 unspecified atom stereocenters. The summed E-state index contributed by atoms with van der Waals surface area (Å²) in [6.45, 7) is 6.91. The van der Waals surface area contributed by atoms with Gasteiger partial charge in [-0.2, -0.15) is 0 Å². The summed E-state index contributed by atoms with van der Waals surface area (Å²) in [4.78, 5) is 14.3. The molecule has 0 radical (unpaired) electrons. The second kappa shape index (κ2) is 5.36. The third kappa shape index (κ3) is 2.80. The minimum absolute atomic E-state index is 0.150. The highest BCUT2D eigenvalue weighted by Crippen LogP contribution is 2.23. The predicted octanol–water partition coefficient (Wildman–Crippen LogP) is 0.868. The highest BCUT2D eigenvalue weighted by Gasteiger charge is 2.34. The van der Waals surface area contributed by atoms with Gasteiger partial charge in [-0.15, -0.1) is 0 Å². The van der Waals surface area contributed by atoms with Gasteiger partial charge in [-0.25, -0.2) is 0 Å². The Morgan fingerprint density at radius 3 is 2.71 bits per heavy atom. The van der Waals surface area contributed by atoms with Crippen molar-refractivity contribution >= 4 is 5.91 Å². The maximum atomic E-state index is 12.4. The zero-order valence-corrected chi connectivity index (χ0v) is 11.1. The number of hydrogen-bond acceptors (Lipinski definition) is 3. The predicted molar refractivity (Wildman–Crippen MR) is 66.7 cm³/mol.